The molecule has 0 unspecified atom stereocenters. The molecule has 1 aliphatic heterocycles. The molecule has 0 bridgehead atoms. The van der Waals surface area contributed by atoms with Crippen LogP contribution in [-0.4, -0.2) is 25.8 Å². The molecule has 0 saturated carbocycles. The summed E-state index contributed by atoms with van der Waals surface area (Å²) in [5.41, 5.74) is 0. The lowest BCUT2D eigenvalue weighted by Crippen LogP contribution is -2.34. The molecule has 0 atom stereocenters. The van der Waals surface area contributed by atoms with Crippen molar-refractivity contribution in [1.29, 1.82) is 0 Å². The zero-order valence-corrected chi connectivity index (χ0v) is 11.0. The van der Waals surface area contributed by atoms with E-state index in [9.17, 15) is 0 Å². The molecule has 0 spiro atoms. The molecular weight excluding hydrogens is 238 g/mol. The van der Waals surface area contributed by atoms with E-state index in [4.69, 9.17) is 9.47 Å². The number of halogens is 1. The van der Waals surface area contributed by atoms with E-state index in [1.54, 1.807) is 0 Å². The Kier molecular flexibility index (Phi) is 6.16. The van der Waals surface area contributed by atoms with Crippen LogP contribution in [0.2, 0.25) is 0 Å². The first-order chi connectivity index (χ1) is 7.90. The Morgan fingerprint density at radius 3 is 2.47 bits per heavy atom. The third-order valence-electron chi connectivity index (χ3n) is 2.73. The predicted molar refractivity (Wildman–Crippen MR) is 71.4 cm³/mol. The molecule has 96 valence electrons. The molecule has 0 radical (unpaired) electrons. The highest BCUT2D eigenvalue weighted by atomic mass is 35.5. The quantitative estimate of drug-likeness (QED) is 0.900. The molecule has 0 aromatic heterocycles. The normalized spacial score (nSPS) is 16.1. The van der Waals surface area contributed by atoms with Gasteiger partial charge in [0.05, 0.1) is 6.61 Å². The first kappa shape index (κ1) is 14.1. The van der Waals surface area contributed by atoms with Gasteiger partial charge in [-0.3, -0.25) is 0 Å². The van der Waals surface area contributed by atoms with Gasteiger partial charge in [-0.05, 0) is 45.0 Å². The number of benzene rings is 1. The molecule has 1 N–H and O–H groups in total. The fraction of sp³-hybridized carbons (Fsp3) is 0.538. The standard InChI is InChI=1S/C13H19NO2.ClH/c1-2-15-12-5-3-4-6-13(12)16-11-7-9-14-10-8-11;/h3-6,11,14H,2,7-10H2,1H3;1H. The van der Waals surface area contributed by atoms with Crippen molar-refractivity contribution in [1.82, 2.24) is 5.32 Å². The first-order valence-electron chi connectivity index (χ1n) is 5.99. The van der Waals surface area contributed by atoms with Crippen molar-refractivity contribution in [3.05, 3.63) is 24.3 Å². The minimum absolute atomic E-state index is 0. The van der Waals surface area contributed by atoms with E-state index in [1.165, 1.54) is 0 Å². The smallest absolute Gasteiger partial charge is 0.161 e. The Morgan fingerprint density at radius 2 is 1.82 bits per heavy atom. The van der Waals surface area contributed by atoms with Crippen molar-refractivity contribution in [3.8, 4) is 11.5 Å². The van der Waals surface area contributed by atoms with Crippen LogP contribution in [-0.2, 0) is 0 Å². The highest BCUT2D eigenvalue weighted by Crippen LogP contribution is 2.28. The SMILES string of the molecule is CCOc1ccccc1OC1CCNCC1.Cl. The van der Waals surface area contributed by atoms with E-state index in [1.807, 2.05) is 31.2 Å². The van der Waals surface area contributed by atoms with Crippen LogP contribution >= 0.6 is 12.4 Å². The number of rotatable bonds is 4. The fourth-order valence-corrected chi connectivity index (χ4v) is 1.92. The van der Waals surface area contributed by atoms with Gasteiger partial charge in [-0.1, -0.05) is 12.1 Å². The summed E-state index contributed by atoms with van der Waals surface area (Å²) in [4.78, 5) is 0. The zero-order chi connectivity index (χ0) is 11.2. The van der Waals surface area contributed by atoms with E-state index in [2.05, 4.69) is 5.32 Å². The molecule has 2 rings (SSSR count). The Hall–Kier alpha value is -0.930. The Bertz CT molecular complexity index is 327. The fourth-order valence-electron chi connectivity index (χ4n) is 1.92. The van der Waals surface area contributed by atoms with Crippen molar-refractivity contribution in [2.45, 2.75) is 25.9 Å². The van der Waals surface area contributed by atoms with Crippen LogP contribution in [0.15, 0.2) is 24.3 Å². The number of hydrogen-bond donors (Lipinski definition) is 1. The molecule has 4 heteroatoms. The summed E-state index contributed by atoms with van der Waals surface area (Å²) in [5, 5.41) is 3.33. The van der Waals surface area contributed by atoms with Crippen LogP contribution in [0.4, 0.5) is 0 Å². The molecule has 17 heavy (non-hydrogen) atoms. The number of nitrogens with one attached hydrogen (secondary N) is 1. The van der Waals surface area contributed by atoms with Crippen LogP contribution in [0.1, 0.15) is 19.8 Å². The third kappa shape index (κ3) is 4.10. The van der Waals surface area contributed by atoms with Gasteiger partial charge < -0.3 is 14.8 Å². The topological polar surface area (TPSA) is 30.5 Å². The maximum Gasteiger partial charge on any atom is 0.161 e. The summed E-state index contributed by atoms with van der Waals surface area (Å²) in [6.07, 6.45) is 2.46. The number of para-hydroxylation sites is 2. The van der Waals surface area contributed by atoms with Crippen molar-refractivity contribution >= 4 is 12.4 Å². The lowest BCUT2D eigenvalue weighted by Gasteiger charge is -2.24. The molecule has 3 nitrogen and oxygen atoms in total. The van der Waals surface area contributed by atoms with E-state index in [0.717, 1.165) is 37.4 Å². The largest absolute Gasteiger partial charge is 0.490 e. The molecule has 1 aromatic rings. The van der Waals surface area contributed by atoms with Gasteiger partial charge in [0, 0.05) is 0 Å². The van der Waals surface area contributed by atoms with Crippen LogP contribution in [0.25, 0.3) is 0 Å². The van der Waals surface area contributed by atoms with Crippen LogP contribution in [0.5, 0.6) is 11.5 Å². The van der Waals surface area contributed by atoms with Gasteiger partial charge in [0.2, 0.25) is 0 Å². The van der Waals surface area contributed by atoms with Crippen LogP contribution in [0, 0.1) is 0 Å². The maximum atomic E-state index is 5.97. The minimum atomic E-state index is 0. The van der Waals surface area contributed by atoms with E-state index < -0.39 is 0 Å². The van der Waals surface area contributed by atoms with Gasteiger partial charge in [0.1, 0.15) is 6.10 Å². The molecule has 0 amide bonds. The van der Waals surface area contributed by atoms with Gasteiger partial charge in [-0.25, -0.2) is 0 Å². The van der Waals surface area contributed by atoms with E-state index >= 15 is 0 Å². The summed E-state index contributed by atoms with van der Waals surface area (Å²) < 4.78 is 11.5. The lowest BCUT2D eigenvalue weighted by molar-refractivity contribution is 0.154. The number of ether oxygens (including phenoxy) is 2. The van der Waals surface area contributed by atoms with Gasteiger partial charge in [-0.2, -0.15) is 0 Å². The summed E-state index contributed by atoms with van der Waals surface area (Å²) in [6, 6.07) is 7.89. The predicted octanol–water partition coefficient (Wildman–Crippen LogP) is 2.64. The Balaban J connectivity index is 0.00000144. The number of hydrogen-bond acceptors (Lipinski definition) is 3. The van der Waals surface area contributed by atoms with Gasteiger partial charge >= 0.3 is 0 Å². The average molecular weight is 258 g/mol. The summed E-state index contributed by atoms with van der Waals surface area (Å²) >= 11 is 0. The van der Waals surface area contributed by atoms with Crippen molar-refractivity contribution < 1.29 is 9.47 Å². The summed E-state index contributed by atoms with van der Waals surface area (Å²) in [5.74, 6) is 1.72. The van der Waals surface area contributed by atoms with E-state index in [0.29, 0.717) is 12.7 Å². The second-order valence-electron chi connectivity index (χ2n) is 3.95. The van der Waals surface area contributed by atoms with Crippen molar-refractivity contribution in [2.24, 2.45) is 0 Å². The van der Waals surface area contributed by atoms with Crippen LogP contribution < -0.4 is 14.8 Å². The summed E-state index contributed by atoms with van der Waals surface area (Å²) in [7, 11) is 0. The zero-order valence-electron chi connectivity index (χ0n) is 10.1. The van der Waals surface area contributed by atoms with Gasteiger partial charge in [0.25, 0.3) is 0 Å². The maximum absolute atomic E-state index is 5.97. The molecule has 0 aliphatic carbocycles. The molecule has 1 heterocycles. The molecule has 1 fully saturated rings. The molecule has 1 aromatic carbocycles. The average Bonchev–Trinajstić information content (AvgIpc) is 2.33. The summed E-state index contributed by atoms with van der Waals surface area (Å²) in [6.45, 7) is 4.75. The highest BCUT2D eigenvalue weighted by molar-refractivity contribution is 5.85. The molecule has 1 saturated heterocycles. The Morgan fingerprint density at radius 1 is 1.18 bits per heavy atom. The minimum Gasteiger partial charge on any atom is -0.490 e. The second-order valence-corrected chi connectivity index (χ2v) is 3.95. The molecule has 1 aliphatic rings. The number of piperidine rings is 1. The second kappa shape index (κ2) is 7.41. The molecular formula is C13H20ClNO2. The highest BCUT2D eigenvalue weighted by Gasteiger charge is 2.16. The van der Waals surface area contributed by atoms with Crippen molar-refractivity contribution in [2.75, 3.05) is 19.7 Å². The first-order valence-corrected chi connectivity index (χ1v) is 5.99. The lowest BCUT2D eigenvalue weighted by atomic mass is 10.1. The van der Waals surface area contributed by atoms with E-state index in [-0.39, 0.29) is 12.4 Å². The van der Waals surface area contributed by atoms with Crippen LogP contribution in [0.3, 0.4) is 0 Å². The van der Waals surface area contributed by atoms with Crippen molar-refractivity contribution in [3.63, 3.8) is 0 Å². The van der Waals surface area contributed by atoms with Gasteiger partial charge in [-0.15, -0.1) is 12.4 Å². The monoisotopic (exact) mass is 257 g/mol. The third-order valence-corrected chi connectivity index (χ3v) is 2.73. The Labute approximate surface area is 109 Å². The van der Waals surface area contributed by atoms with Gasteiger partial charge in [0.15, 0.2) is 11.5 Å².